The summed E-state index contributed by atoms with van der Waals surface area (Å²) in [6.07, 6.45) is 2.18. The van der Waals surface area contributed by atoms with Crippen LogP contribution in [0.15, 0.2) is 83.7 Å². The maximum absolute atomic E-state index is 13.8. The van der Waals surface area contributed by atoms with E-state index in [1.54, 1.807) is 0 Å². The van der Waals surface area contributed by atoms with E-state index in [0.29, 0.717) is 34.6 Å². The van der Waals surface area contributed by atoms with Gasteiger partial charge in [-0.05, 0) is 48.7 Å². The van der Waals surface area contributed by atoms with E-state index >= 15 is 0 Å². The fourth-order valence-electron chi connectivity index (χ4n) is 5.20. The fraction of sp³-hybridized carbons (Fsp3) is 0.233. The first-order valence-corrected chi connectivity index (χ1v) is 12.6. The Kier molecular flexibility index (Phi) is 5.96. The molecule has 6 rings (SSSR count). The molecule has 186 valence electrons. The van der Waals surface area contributed by atoms with Gasteiger partial charge < -0.3 is 14.2 Å². The number of aryl methyl sites for hydroxylation is 1. The summed E-state index contributed by atoms with van der Waals surface area (Å²) >= 11 is 0. The molecular weight excluding hydrogens is 464 g/mol. The molecule has 0 atom stereocenters. The van der Waals surface area contributed by atoms with Gasteiger partial charge in [0.1, 0.15) is 17.9 Å². The first-order chi connectivity index (χ1) is 18.1. The van der Waals surface area contributed by atoms with E-state index in [9.17, 15) is 9.59 Å². The maximum atomic E-state index is 13.8. The largest absolute Gasteiger partial charge is 0.489 e. The molecule has 3 heterocycles. The van der Waals surface area contributed by atoms with Crippen LogP contribution < -0.4 is 10.3 Å². The standard InChI is InChI=1S/C30H28N4O3/c1-32-26-15-14-23(37-20-21-10-4-2-5-11-21)18-24(26)28-25(19-27(35)33-16-8-9-17-33)31-34(30(36)29(28)32)22-12-6-3-7-13-22/h2-7,10-15,18H,8-9,16-17,19-20H2,1H3. The van der Waals surface area contributed by atoms with E-state index in [2.05, 4.69) is 0 Å². The highest BCUT2D eigenvalue weighted by Gasteiger charge is 2.24. The van der Waals surface area contributed by atoms with Gasteiger partial charge in [-0.3, -0.25) is 9.59 Å². The molecule has 1 aliphatic heterocycles. The zero-order valence-electron chi connectivity index (χ0n) is 20.8. The number of hydrogen-bond donors (Lipinski definition) is 0. The molecule has 1 fully saturated rings. The number of ether oxygens (including phenoxy) is 1. The van der Waals surface area contributed by atoms with Crippen LogP contribution in [-0.2, 0) is 24.9 Å². The molecule has 0 aliphatic carbocycles. The molecule has 0 bridgehead atoms. The summed E-state index contributed by atoms with van der Waals surface area (Å²) in [5, 5.41) is 6.34. The van der Waals surface area contributed by atoms with Crippen LogP contribution in [-0.4, -0.2) is 38.2 Å². The lowest BCUT2D eigenvalue weighted by Gasteiger charge is -2.16. The Hall–Kier alpha value is -4.39. The van der Waals surface area contributed by atoms with Crippen molar-refractivity contribution in [2.45, 2.75) is 25.9 Å². The van der Waals surface area contributed by atoms with Crippen molar-refractivity contribution in [3.05, 3.63) is 100 Å². The topological polar surface area (TPSA) is 69.4 Å². The Bertz CT molecular complexity index is 1650. The van der Waals surface area contributed by atoms with Crippen molar-refractivity contribution in [3.8, 4) is 11.4 Å². The van der Waals surface area contributed by atoms with Crippen molar-refractivity contribution >= 4 is 27.7 Å². The Morgan fingerprint density at radius 3 is 2.38 bits per heavy atom. The molecule has 0 radical (unpaired) electrons. The first kappa shape index (κ1) is 23.0. The summed E-state index contributed by atoms with van der Waals surface area (Å²) < 4.78 is 9.41. The number of para-hydroxylation sites is 1. The number of rotatable bonds is 6. The van der Waals surface area contributed by atoms with Crippen molar-refractivity contribution in [1.82, 2.24) is 19.2 Å². The lowest BCUT2D eigenvalue weighted by molar-refractivity contribution is -0.129. The number of likely N-dealkylation sites (tertiary alicyclic amines) is 1. The van der Waals surface area contributed by atoms with Crippen LogP contribution in [0.1, 0.15) is 24.1 Å². The second kappa shape index (κ2) is 9.58. The summed E-state index contributed by atoms with van der Waals surface area (Å²) in [7, 11) is 1.89. The number of nitrogens with zero attached hydrogens (tertiary/aromatic N) is 4. The van der Waals surface area contributed by atoms with E-state index in [4.69, 9.17) is 9.84 Å². The second-order valence-corrected chi connectivity index (χ2v) is 9.50. The van der Waals surface area contributed by atoms with E-state index < -0.39 is 0 Å². The molecule has 0 saturated carbocycles. The minimum Gasteiger partial charge on any atom is -0.489 e. The molecule has 0 unspecified atom stereocenters. The lowest BCUT2D eigenvalue weighted by Crippen LogP contribution is -2.31. The predicted molar refractivity (Wildman–Crippen MR) is 144 cm³/mol. The highest BCUT2D eigenvalue weighted by atomic mass is 16.5. The number of aromatic nitrogens is 3. The Morgan fingerprint density at radius 1 is 0.946 bits per heavy atom. The molecule has 0 spiro atoms. The maximum Gasteiger partial charge on any atom is 0.296 e. The average Bonchev–Trinajstić information content (AvgIpc) is 3.58. The van der Waals surface area contributed by atoms with Crippen molar-refractivity contribution in [2.24, 2.45) is 7.05 Å². The molecule has 1 aliphatic rings. The molecule has 37 heavy (non-hydrogen) atoms. The van der Waals surface area contributed by atoms with E-state index in [1.165, 1.54) is 4.68 Å². The van der Waals surface area contributed by atoms with Gasteiger partial charge in [0, 0.05) is 36.4 Å². The molecule has 7 nitrogen and oxygen atoms in total. The van der Waals surface area contributed by atoms with Gasteiger partial charge in [-0.15, -0.1) is 0 Å². The zero-order chi connectivity index (χ0) is 25.4. The highest BCUT2D eigenvalue weighted by Crippen LogP contribution is 2.32. The normalized spacial score (nSPS) is 13.5. The highest BCUT2D eigenvalue weighted by molar-refractivity contribution is 6.10. The van der Waals surface area contributed by atoms with Crippen LogP contribution in [0.5, 0.6) is 5.75 Å². The molecule has 3 aromatic carbocycles. The molecule has 0 N–H and O–H groups in total. The van der Waals surface area contributed by atoms with Crippen LogP contribution in [0.4, 0.5) is 0 Å². The zero-order valence-corrected chi connectivity index (χ0v) is 20.8. The Balaban J connectivity index is 1.51. The van der Waals surface area contributed by atoms with Gasteiger partial charge in [0.2, 0.25) is 5.91 Å². The minimum absolute atomic E-state index is 0.0399. The van der Waals surface area contributed by atoms with Crippen molar-refractivity contribution in [1.29, 1.82) is 0 Å². The van der Waals surface area contributed by atoms with Crippen LogP contribution in [0.3, 0.4) is 0 Å². The Labute approximate surface area is 214 Å². The molecule has 1 amide bonds. The number of amides is 1. The first-order valence-electron chi connectivity index (χ1n) is 12.6. The average molecular weight is 493 g/mol. The summed E-state index contributed by atoms with van der Waals surface area (Å²) in [5.74, 6) is 0.742. The predicted octanol–water partition coefficient (Wildman–Crippen LogP) is 4.62. The van der Waals surface area contributed by atoms with Gasteiger partial charge >= 0.3 is 0 Å². The van der Waals surface area contributed by atoms with E-state index in [-0.39, 0.29) is 17.9 Å². The number of fused-ring (bicyclic) bond motifs is 3. The van der Waals surface area contributed by atoms with Crippen LogP contribution in [0.25, 0.3) is 27.5 Å². The van der Waals surface area contributed by atoms with Crippen molar-refractivity contribution < 1.29 is 9.53 Å². The van der Waals surface area contributed by atoms with Crippen LogP contribution >= 0.6 is 0 Å². The molecule has 5 aromatic rings. The van der Waals surface area contributed by atoms with Gasteiger partial charge in [0.25, 0.3) is 5.56 Å². The van der Waals surface area contributed by atoms with Crippen LogP contribution in [0, 0.1) is 0 Å². The summed E-state index contributed by atoms with van der Waals surface area (Å²) in [6.45, 7) is 1.98. The second-order valence-electron chi connectivity index (χ2n) is 9.50. The van der Waals surface area contributed by atoms with Gasteiger partial charge in [-0.2, -0.15) is 9.78 Å². The number of carbonyl (C=O) groups excluding carboxylic acids is 1. The van der Waals surface area contributed by atoms with E-state index in [0.717, 1.165) is 42.4 Å². The van der Waals surface area contributed by atoms with Gasteiger partial charge in [-0.1, -0.05) is 48.5 Å². The SMILES string of the molecule is Cn1c2ccc(OCc3ccccc3)cc2c2c(CC(=O)N3CCCC3)nn(-c3ccccc3)c(=O)c21. The van der Waals surface area contributed by atoms with Crippen molar-refractivity contribution in [3.63, 3.8) is 0 Å². The third kappa shape index (κ3) is 4.27. The monoisotopic (exact) mass is 492 g/mol. The number of benzene rings is 3. The van der Waals surface area contributed by atoms with Crippen LogP contribution in [0.2, 0.25) is 0 Å². The molecule has 2 aromatic heterocycles. The van der Waals surface area contributed by atoms with E-state index in [1.807, 2.05) is 95.4 Å². The third-order valence-electron chi connectivity index (χ3n) is 7.10. The van der Waals surface area contributed by atoms with Gasteiger partial charge in [0.15, 0.2) is 0 Å². The van der Waals surface area contributed by atoms with Crippen molar-refractivity contribution in [2.75, 3.05) is 13.1 Å². The van der Waals surface area contributed by atoms with Gasteiger partial charge in [-0.25, -0.2) is 0 Å². The number of carbonyl (C=O) groups is 1. The third-order valence-corrected chi connectivity index (χ3v) is 7.10. The fourth-order valence-corrected chi connectivity index (χ4v) is 5.20. The molecule has 1 saturated heterocycles. The quantitative estimate of drug-likeness (QED) is 0.347. The molecular formula is C30H28N4O3. The summed E-state index contributed by atoms with van der Waals surface area (Å²) in [4.78, 5) is 28.9. The Morgan fingerprint density at radius 2 is 1.65 bits per heavy atom. The summed E-state index contributed by atoms with van der Waals surface area (Å²) in [6, 6.07) is 25.2. The number of hydrogen-bond acceptors (Lipinski definition) is 4. The molecule has 7 heteroatoms. The summed E-state index contributed by atoms with van der Waals surface area (Å²) in [5.41, 5.74) is 3.54. The van der Waals surface area contributed by atoms with Gasteiger partial charge in [0.05, 0.1) is 17.8 Å². The lowest BCUT2D eigenvalue weighted by atomic mass is 10.1. The smallest absolute Gasteiger partial charge is 0.296 e. The minimum atomic E-state index is -0.218.